The first-order valence-electron chi connectivity index (χ1n) is 16.6. The van der Waals surface area contributed by atoms with Crippen LogP contribution in [0.4, 0.5) is 10.1 Å². The second-order valence-electron chi connectivity index (χ2n) is 13.6. The van der Waals surface area contributed by atoms with E-state index in [2.05, 4.69) is 22.4 Å². The molecule has 5 heterocycles. The summed E-state index contributed by atoms with van der Waals surface area (Å²) in [6.07, 6.45) is 1.09. The Balaban J connectivity index is 1.39. The van der Waals surface area contributed by atoms with Gasteiger partial charge in [0.05, 0.1) is 69.4 Å². The molecule has 0 radical (unpaired) electrons. The van der Waals surface area contributed by atoms with E-state index in [0.29, 0.717) is 69.8 Å². The summed E-state index contributed by atoms with van der Waals surface area (Å²) in [6.45, 7) is 3.59. The second-order valence-corrected chi connectivity index (χ2v) is 15.6. The van der Waals surface area contributed by atoms with Gasteiger partial charge in [0, 0.05) is 55.2 Å². The van der Waals surface area contributed by atoms with Crippen molar-refractivity contribution in [2.75, 3.05) is 37.7 Å². The first-order valence-corrected chi connectivity index (χ1v) is 18.5. The summed E-state index contributed by atoms with van der Waals surface area (Å²) in [5.41, 5.74) is 4.56. The number of hydrogen-bond donors (Lipinski definition) is 1. The van der Waals surface area contributed by atoms with Crippen LogP contribution in [-0.4, -0.2) is 67.0 Å². The highest BCUT2D eigenvalue weighted by atomic mass is 32.2. The van der Waals surface area contributed by atoms with Crippen LogP contribution in [0, 0.1) is 33.9 Å². The summed E-state index contributed by atoms with van der Waals surface area (Å²) < 4.78 is 49.2. The number of benzene rings is 3. The number of amides is 1. The molecule has 53 heavy (non-hydrogen) atoms. The molecular weight excluding hydrogens is 696 g/mol. The van der Waals surface area contributed by atoms with Crippen molar-refractivity contribution in [3.63, 3.8) is 0 Å². The third-order valence-corrected chi connectivity index (χ3v) is 11.0. The maximum Gasteiger partial charge on any atom is 0.255 e. The maximum absolute atomic E-state index is 13.9. The van der Waals surface area contributed by atoms with Crippen molar-refractivity contribution in [2.45, 2.75) is 13.5 Å². The number of fused-ring (bicyclic) bond motifs is 6. The monoisotopic (exact) mass is 726 g/mol. The highest BCUT2D eigenvalue weighted by molar-refractivity contribution is 7.92. The molecule has 0 saturated carbocycles. The third kappa shape index (κ3) is 5.51. The molecule has 1 fully saturated rings. The van der Waals surface area contributed by atoms with Gasteiger partial charge in [0.2, 0.25) is 10.0 Å². The van der Waals surface area contributed by atoms with E-state index in [1.807, 2.05) is 35.6 Å². The number of hydrogen-bond acceptors (Lipinski definition) is 9. The van der Waals surface area contributed by atoms with Crippen molar-refractivity contribution in [3.8, 4) is 34.7 Å². The van der Waals surface area contributed by atoms with Gasteiger partial charge in [-0.1, -0.05) is 6.07 Å². The van der Waals surface area contributed by atoms with Gasteiger partial charge >= 0.3 is 0 Å². The molecule has 1 amide bonds. The van der Waals surface area contributed by atoms with E-state index in [4.69, 9.17) is 14.4 Å². The Kier molecular flexibility index (Phi) is 7.72. The number of nitriles is 2. The summed E-state index contributed by atoms with van der Waals surface area (Å²) >= 11 is 0. The number of aromatic nitrogens is 3. The van der Waals surface area contributed by atoms with Crippen LogP contribution in [0.3, 0.4) is 0 Å². The number of pyridine rings is 1. The zero-order valence-corrected chi connectivity index (χ0v) is 29.9. The molecular formula is C39H31FN8O4S. The van der Waals surface area contributed by atoms with Crippen molar-refractivity contribution >= 4 is 60.0 Å². The van der Waals surface area contributed by atoms with Gasteiger partial charge in [-0.25, -0.2) is 22.8 Å². The van der Waals surface area contributed by atoms with Crippen LogP contribution in [0.5, 0.6) is 0 Å². The van der Waals surface area contributed by atoms with Crippen LogP contribution < -0.4 is 9.62 Å². The van der Waals surface area contributed by atoms with Gasteiger partial charge in [0.15, 0.2) is 0 Å². The normalized spacial score (nSPS) is 14.3. The van der Waals surface area contributed by atoms with Crippen molar-refractivity contribution in [1.82, 2.24) is 24.6 Å². The lowest BCUT2D eigenvalue weighted by Gasteiger charge is -2.43. The van der Waals surface area contributed by atoms with Gasteiger partial charge in [-0.2, -0.15) is 10.5 Å². The summed E-state index contributed by atoms with van der Waals surface area (Å²) in [7, 11) is -0.879. The van der Waals surface area contributed by atoms with E-state index in [-0.39, 0.29) is 22.6 Å². The number of carbonyl (C=O) groups excluding carboxylic acids is 1. The van der Waals surface area contributed by atoms with Crippen molar-refractivity contribution in [3.05, 3.63) is 95.6 Å². The lowest BCUT2D eigenvalue weighted by molar-refractivity contribution is 0.0504. The lowest BCUT2D eigenvalue weighted by Crippen LogP contribution is -2.53. The van der Waals surface area contributed by atoms with Gasteiger partial charge in [0.25, 0.3) is 5.91 Å². The zero-order chi connectivity index (χ0) is 37.4. The van der Waals surface area contributed by atoms with E-state index >= 15 is 0 Å². The second kappa shape index (κ2) is 12.1. The Labute approximate surface area is 303 Å². The maximum atomic E-state index is 13.9. The molecule has 264 valence electrons. The van der Waals surface area contributed by atoms with Crippen LogP contribution in [0.15, 0.2) is 77.2 Å². The fourth-order valence-electron chi connectivity index (χ4n) is 7.21. The molecule has 0 atom stereocenters. The molecule has 12 nitrogen and oxygen atoms in total. The average molecular weight is 727 g/mol. The van der Waals surface area contributed by atoms with Crippen molar-refractivity contribution < 1.29 is 22.0 Å². The molecule has 0 spiro atoms. The number of nitrogens with zero attached hydrogens (tertiary/aromatic N) is 7. The van der Waals surface area contributed by atoms with Gasteiger partial charge in [-0.05, 0) is 67.6 Å². The van der Waals surface area contributed by atoms with Crippen LogP contribution in [0.2, 0.25) is 0 Å². The number of rotatable bonds is 7. The molecule has 1 aliphatic heterocycles. The Hall–Kier alpha value is -6.35. The highest BCUT2D eigenvalue weighted by Gasteiger charge is 2.39. The van der Waals surface area contributed by atoms with Crippen LogP contribution in [0.25, 0.3) is 61.0 Å². The first-order chi connectivity index (χ1) is 25.3. The van der Waals surface area contributed by atoms with E-state index in [0.717, 1.165) is 21.5 Å². The average Bonchev–Trinajstić information content (AvgIpc) is 3.72. The highest BCUT2D eigenvalue weighted by Crippen LogP contribution is 2.42. The van der Waals surface area contributed by atoms with E-state index in [9.17, 15) is 28.1 Å². The third-order valence-electron chi connectivity index (χ3n) is 9.85. The lowest BCUT2D eigenvalue weighted by atomic mass is 9.84. The minimum Gasteiger partial charge on any atom is -0.455 e. The summed E-state index contributed by atoms with van der Waals surface area (Å²) in [5.74, 6) is 0.00693. The fraction of sp³-hybridized carbons (Fsp3) is 0.205. The van der Waals surface area contributed by atoms with E-state index < -0.39 is 27.2 Å². The van der Waals surface area contributed by atoms with E-state index in [1.165, 1.54) is 38.4 Å². The molecule has 4 aromatic heterocycles. The van der Waals surface area contributed by atoms with Gasteiger partial charge < -0.3 is 9.73 Å². The number of likely N-dealkylation sites (tertiary alicyclic amines) is 1. The number of carbonyl (C=O) groups is 1. The number of halogens is 1. The molecule has 1 N–H and O–H groups in total. The standard InChI is InChI=1S/C39H31FN8O4S/c1-39(19-42)20-47(21-39)18-34-44-29-13-12-28(45-36(29)32-15-25-23(17-41)6-5-7-30(25)48(32)34)26-14-27-33(16-31(26)46(3)53(4,50)51)52-37(35(27)38(49)43-2)22-8-10-24(40)11-9-22/h5-16H,18,20-21H2,1-4H3,(H,43,49). The SMILES string of the molecule is CNC(=O)c1c(-c2ccc(F)cc2)oc2cc(N(C)S(C)(=O)=O)c(-c3ccc4nc(CN5CC(C)(C#N)C5)n5c6cccc(C#N)c6cc5c4n3)cc12. The van der Waals surface area contributed by atoms with Gasteiger partial charge in [-0.15, -0.1) is 0 Å². The summed E-state index contributed by atoms with van der Waals surface area (Å²) in [4.78, 5) is 25.7. The van der Waals surface area contributed by atoms with Crippen LogP contribution >= 0.6 is 0 Å². The predicted molar refractivity (Wildman–Crippen MR) is 199 cm³/mol. The topological polar surface area (TPSA) is 161 Å². The van der Waals surface area contributed by atoms with Crippen LogP contribution in [-0.2, 0) is 16.6 Å². The van der Waals surface area contributed by atoms with E-state index in [1.54, 1.807) is 24.3 Å². The molecule has 0 aliphatic carbocycles. The summed E-state index contributed by atoms with van der Waals surface area (Å²) in [5, 5.41) is 23.4. The van der Waals surface area contributed by atoms with Gasteiger partial charge in [-0.3, -0.25) is 18.4 Å². The Bertz CT molecular complexity index is 2880. The number of sulfonamides is 1. The number of anilines is 1. The molecule has 1 aliphatic rings. The minimum atomic E-state index is -3.79. The molecule has 8 rings (SSSR count). The summed E-state index contributed by atoms with van der Waals surface area (Å²) in [6, 6.07) is 24.4. The minimum absolute atomic E-state index is 0.193. The number of furan rings is 1. The Morgan fingerprint density at radius 3 is 2.47 bits per heavy atom. The molecule has 3 aromatic carbocycles. The predicted octanol–water partition coefficient (Wildman–Crippen LogP) is 6.23. The van der Waals surface area contributed by atoms with Crippen molar-refractivity contribution in [1.29, 1.82) is 10.5 Å². The van der Waals surface area contributed by atoms with Crippen molar-refractivity contribution in [2.24, 2.45) is 5.41 Å². The molecule has 1 saturated heterocycles. The molecule has 7 aromatic rings. The largest absolute Gasteiger partial charge is 0.455 e. The zero-order valence-electron chi connectivity index (χ0n) is 29.1. The first kappa shape index (κ1) is 33.8. The molecule has 14 heteroatoms. The fourth-order valence-corrected chi connectivity index (χ4v) is 7.72. The number of nitrogens with one attached hydrogen (secondary N) is 1. The van der Waals surface area contributed by atoms with Gasteiger partial charge in [0.1, 0.15) is 28.5 Å². The Morgan fingerprint density at radius 1 is 1.04 bits per heavy atom. The quantitative estimate of drug-likeness (QED) is 0.201. The molecule has 0 bridgehead atoms. The Morgan fingerprint density at radius 2 is 1.79 bits per heavy atom. The molecule has 0 unspecified atom stereocenters. The van der Waals surface area contributed by atoms with Crippen LogP contribution in [0.1, 0.15) is 28.7 Å². The smallest absolute Gasteiger partial charge is 0.255 e.